The Balaban J connectivity index is 2.00. The summed E-state index contributed by atoms with van der Waals surface area (Å²) in [6, 6.07) is 3.11. The van der Waals surface area contributed by atoms with Gasteiger partial charge in [0.05, 0.1) is 19.3 Å². The minimum atomic E-state index is -3.68. The van der Waals surface area contributed by atoms with Gasteiger partial charge in [-0.25, -0.2) is 13.1 Å². The molecule has 1 fully saturated rings. The van der Waals surface area contributed by atoms with Crippen LogP contribution in [0.2, 0.25) is 0 Å². The molecule has 2 atom stereocenters. The highest BCUT2D eigenvalue weighted by Gasteiger charge is 2.42. The smallest absolute Gasteiger partial charge is 0.250 e. The lowest BCUT2D eigenvalue weighted by Gasteiger charge is -2.45. The molecule has 1 aliphatic rings. The quantitative estimate of drug-likeness (QED) is 0.638. The summed E-state index contributed by atoms with van der Waals surface area (Å²) < 4.78 is 26.6. The fourth-order valence-corrected chi connectivity index (χ4v) is 5.11. The summed E-state index contributed by atoms with van der Waals surface area (Å²) in [5, 5.41) is 21.6. The molecule has 0 unspecified atom stereocenters. The lowest BCUT2D eigenvalue weighted by atomic mass is 9.74. The van der Waals surface area contributed by atoms with E-state index in [-0.39, 0.29) is 29.8 Å². The number of aliphatic hydroxyl groups is 2. The SMILES string of the molecule is CCC[C@@]1(CO)CN(C(=O)CNS(=O)(=O)c2cccs2)CC[C@@H]1O. The van der Waals surface area contributed by atoms with Crippen molar-refractivity contribution >= 4 is 27.3 Å². The minimum absolute atomic E-state index is 0.167. The Kier molecular flexibility index (Phi) is 6.38. The molecular formula is C15H24N2O5S2. The number of nitrogens with zero attached hydrogens (tertiary/aromatic N) is 1. The first-order chi connectivity index (χ1) is 11.3. The van der Waals surface area contributed by atoms with Crippen molar-refractivity contribution in [3.8, 4) is 0 Å². The highest BCUT2D eigenvalue weighted by Crippen LogP contribution is 2.34. The van der Waals surface area contributed by atoms with Crippen LogP contribution >= 0.6 is 11.3 Å². The van der Waals surface area contributed by atoms with Gasteiger partial charge in [0, 0.05) is 18.5 Å². The molecule has 1 amide bonds. The van der Waals surface area contributed by atoms with Crippen LogP contribution in [0, 0.1) is 5.41 Å². The summed E-state index contributed by atoms with van der Waals surface area (Å²) in [5.41, 5.74) is -0.727. The molecule has 0 spiro atoms. The second-order valence-corrected chi connectivity index (χ2v) is 9.09. The summed E-state index contributed by atoms with van der Waals surface area (Å²) in [5.74, 6) is -0.351. The summed E-state index contributed by atoms with van der Waals surface area (Å²) in [6.07, 6.45) is 1.11. The number of nitrogens with one attached hydrogen (secondary N) is 1. The maximum atomic E-state index is 12.4. The number of rotatable bonds is 7. The van der Waals surface area contributed by atoms with E-state index >= 15 is 0 Å². The van der Waals surface area contributed by atoms with Gasteiger partial charge in [-0.3, -0.25) is 4.79 Å². The molecule has 7 nitrogen and oxygen atoms in total. The maximum absolute atomic E-state index is 12.4. The lowest BCUT2D eigenvalue weighted by molar-refractivity contribution is -0.141. The number of hydrogen-bond acceptors (Lipinski definition) is 6. The van der Waals surface area contributed by atoms with Crippen LogP contribution in [0.1, 0.15) is 26.2 Å². The first kappa shape index (κ1) is 19.3. The van der Waals surface area contributed by atoms with Crippen LogP contribution in [-0.4, -0.2) is 61.8 Å². The summed E-state index contributed by atoms with van der Waals surface area (Å²) in [6.45, 7) is 2.01. The monoisotopic (exact) mass is 376 g/mol. The summed E-state index contributed by atoms with van der Waals surface area (Å²) in [7, 11) is -3.68. The number of thiophene rings is 1. The molecule has 3 N–H and O–H groups in total. The summed E-state index contributed by atoms with van der Waals surface area (Å²) in [4.78, 5) is 13.9. The molecule has 24 heavy (non-hydrogen) atoms. The van der Waals surface area contributed by atoms with Crippen molar-refractivity contribution in [3.63, 3.8) is 0 Å². The van der Waals surface area contributed by atoms with Gasteiger partial charge in [-0.2, -0.15) is 0 Å². The number of hydrogen-bond donors (Lipinski definition) is 3. The predicted octanol–water partition coefficient (Wildman–Crippen LogP) is 0.398. The number of piperidine rings is 1. The molecule has 2 heterocycles. The zero-order valence-corrected chi connectivity index (χ0v) is 15.3. The molecule has 1 aromatic rings. The average molecular weight is 377 g/mol. The summed E-state index contributed by atoms with van der Waals surface area (Å²) >= 11 is 1.09. The van der Waals surface area contributed by atoms with Crippen molar-refractivity contribution < 1.29 is 23.4 Å². The lowest BCUT2D eigenvalue weighted by Crippen LogP contribution is -2.56. The highest BCUT2D eigenvalue weighted by atomic mass is 32.2. The molecule has 0 radical (unpaired) electrons. The van der Waals surface area contributed by atoms with Gasteiger partial charge in [-0.15, -0.1) is 11.3 Å². The number of amides is 1. The molecule has 0 aromatic carbocycles. The molecule has 1 saturated heterocycles. The van der Waals surface area contributed by atoms with E-state index in [1.54, 1.807) is 11.4 Å². The van der Waals surface area contributed by atoms with Gasteiger partial charge in [0.1, 0.15) is 4.21 Å². The molecule has 0 saturated carbocycles. The van der Waals surface area contributed by atoms with E-state index < -0.39 is 21.5 Å². The fourth-order valence-electron chi connectivity index (χ4n) is 3.10. The zero-order valence-electron chi connectivity index (χ0n) is 13.6. The Hall–Kier alpha value is -1.00. The van der Waals surface area contributed by atoms with Gasteiger partial charge in [0.25, 0.3) is 10.0 Å². The van der Waals surface area contributed by atoms with Crippen molar-refractivity contribution in [3.05, 3.63) is 17.5 Å². The Morgan fingerprint density at radius 2 is 2.29 bits per heavy atom. The molecule has 136 valence electrons. The average Bonchev–Trinajstić information content (AvgIpc) is 3.10. The van der Waals surface area contributed by atoms with Crippen LogP contribution in [0.5, 0.6) is 0 Å². The van der Waals surface area contributed by atoms with E-state index in [1.165, 1.54) is 11.0 Å². The van der Waals surface area contributed by atoms with Crippen LogP contribution in [0.4, 0.5) is 0 Å². The van der Waals surface area contributed by atoms with Crippen LogP contribution in [0.25, 0.3) is 0 Å². The number of aliphatic hydroxyl groups excluding tert-OH is 2. The Bertz CT molecular complexity index is 647. The Labute approximate surface area is 146 Å². The number of likely N-dealkylation sites (tertiary alicyclic amines) is 1. The van der Waals surface area contributed by atoms with Gasteiger partial charge >= 0.3 is 0 Å². The normalized spacial score (nSPS) is 25.0. The van der Waals surface area contributed by atoms with Gasteiger partial charge in [-0.05, 0) is 24.3 Å². The molecular weight excluding hydrogens is 352 g/mol. The van der Waals surface area contributed by atoms with Crippen molar-refractivity contribution in [1.29, 1.82) is 0 Å². The molecule has 2 rings (SSSR count). The molecule has 0 bridgehead atoms. The standard InChI is InChI=1S/C15H24N2O5S2/c1-2-6-15(11-18)10-17(7-5-12(15)19)13(20)9-16-24(21,22)14-4-3-8-23-14/h3-4,8,12,16,18-19H,2,5-7,9-11H2,1H3/t12-,15-/m0/s1. The molecule has 1 aliphatic heterocycles. The number of carbonyl (C=O) groups excluding carboxylic acids is 1. The van der Waals surface area contributed by atoms with E-state index in [1.807, 2.05) is 6.92 Å². The van der Waals surface area contributed by atoms with Crippen LogP contribution in [-0.2, 0) is 14.8 Å². The van der Waals surface area contributed by atoms with E-state index in [0.717, 1.165) is 17.8 Å². The molecule has 9 heteroatoms. The van der Waals surface area contributed by atoms with E-state index in [4.69, 9.17) is 0 Å². The van der Waals surface area contributed by atoms with Crippen molar-refractivity contribution in [1.82, 2.24) is 9.62 Å². The first-order valence-corrected chi connectivity index (χ1v) is 10.3. The number of carbonyl (C=O) groups is 1. The topological polar surface area (TPSA) is 107 Å². The second-order valence-electron chi connectivity index (χ2n) is 6.15. The Morgan fingerprint density at radius 3 is 2.88 bits per heavy atom. The van der Waals surface area contributed by atoms with Gasteiger partial charge in [-0.1, -0.05) is 19.4 Å². The van der Waals surface area contributed by atoms with Gasteiger partial charge < -0.3 is 15.1 Å². The van der Waals surface area contributed by atoms with Crippen molar-refractivity contribution in [2.24, 2.45) is 5.41 Å². The third kappa shape index (κ3) is 4.15. The minimum Gasteiger partial charge on any atom is -0.396 e. The van der Waals surface area contributed by atoms with E-state index in [9.17, 15) is 23.4 Å². The third-order valence-electron chi connectivity index (χ3n) is 4.47. The van der Waals surface area contributed by atoms with Gasteiger partial charge in [0.2, 0.25) is 5.91 Å². The highest BCUT2D eigenvalue weighted by molar-refractivity contribution is 7.91. The van der Waals surface area contributed by atoms with Crippen LogP contribution in [0.15, 0.2) is 21.7 Å². The van der Waals surface area contributed by atoms with Gasteiger partial charge in [0.15, 0.2) is 0 Å². The first-order valence-electron chi connectivity index (χ1n) is 7.94. The largest absolute Gasteiger partial charge is 0.396 e. The second kappa shape index (κ2) is 7.92. The molecule has 0 aliphatic carbocycles. The van der Waals surface area contributed by atoms with Crippen molar-refractivity contribution in [2.45, 2.75) is 36.5 Å². The predicted molar refractivity (Wildman–Crippen MR) is 91.1 cm³/mol. The maximum Gasteiger partial charge on any atom is 0.250 e. The Morgan fingerprint density at radius 1 is 1.54 bits per heavy atom. The zero-order chi connectivity index (χ0) is 17.8. The fraction of sp³-hybridized carbons (Fsp3) is 0.667. The van der Waals surface area contributed by atoms with Crippen LogP contribution < -0.4 is 4.72 Å². The number of sulfonamides is 1. The van der Waals surface area contributed by atoms with Crippen molar-refractivity contribution in [2.75, 3.05) is 26.2 Å². The van der Waals surface area contributed by atoms with Crippen LogP contribution in [0.3, 0.4) is 0 Å². The molecule has 1 aromatic heterocycles. The van der Waals surface area contributed by atoms with E-state index in [0.29, 0.717) is 19.4 Å². The van der Waals surface area contributed by atoms with E-state index in [2.05, 4.69) is 4.72 Å². The third-order valence-corrected chi connectivity index (χ3v) is 7.27.